The molecule has 0 aromatic rings. The topological polar surface area (TPSA) is 26.3 Å². The molecule has 1 aliphatic heterocycles. The third kappa shape index (κ3) is 1.84. The van der Waals surface area contributed by atoms with Gasteiger partial charge in [0.25, 0.3) is 0 Å². The number of ether oxygens (including phenoxy) is 1. The first-order valence-electron chi connectivity index (χ1n) is 5.44. The molecule has 2 heteroatoms. The van der Waals surface area contributed by atoms with Gasteiger partial charge in [-0.2, -0.15) is 0 Å². The van der Waals surface area contributed by atoms with E-state index in [-0.39, 0.29) is 11.9 Å². The van der Waals surface area contributed by atoms with Crippen LogP contribution in [0.3, 0.4) is 0 Å². The first kappa shape index (κ1) is 9.75. The van der Waals surface area contributed by atoms with E-state index in [0.717, 1.165) is 19.3 Å². The lowest BCUT2D eigenvalue weighted by Crippen LogP contribution is -2.19. The van der Waals surface area contributed by atoms with Gasteiger partial charge in [0, 0.05) is 0 Å². The second kappa shape index (κ2) is 3.41. The fourth-order valence-electron chi connectivity index (χ4n) is 2.24. The number of hydrogen-bond donors (Lipinski definition) is 0. The van der Waals surface area contributed by atoms with Gasteiger partial charge in [0.2, 0.25) is 0 Å². The largest absolute Gasteiger partial charge is 0.465 e. The van der Waals surface area contributed by atoms with Crippen LogP contribution in [0.2, 0.25) is 0 Å². The van der Waals surface area contributed by atoms with Crippen LogP contribution in [0.4, 0.5) is 0 Å². The summed E-state index contributed by atoms with van der Waals surface area (Å²) in [6.07, 6.45) is 6.54. The molecule has 1 aliphatic carbocycles. The van der Waals surface area contributed by atoms with Gasteiger partial charge in [-0.1, -0.05) is 25.5 Å². The predicted molar refractivity (Wildman–Crippen MR) is 54.8 cm³/mol. The molecule has 0 aromatic carbocycles. The Balaban J connectivity index is 2.06. The molecule has 0 spiro atoms. The Kier molecular flexibility index (Phi) is 2.38. The van der Waals surface area contributed by atoms with Crippen LogP contribution in [0.5, 0.6) is 0 Å². The smallest absolute Gasteiger partial charge is 0.313 e. The average Bonchev–Trinajstić information content (AvgIpc) is 2.52. The fraction of sp³-hybridized carbons (Fsp3) is 0.750. The number of hydrogen-bond acceptors (Lipinski definition) is 2. The molecule has 1 saturated heterocycles. The van der Waals surface area contributed by atoms with Gasteiger partial charge in [-0.05, 0) is 31.1 Å². The van der Waals surface area contributed by atoms with Crippen LogP contribution in [0.25, 0.3) is 0 Å². The summed E-state index contributed by atoms with van der Waals surface area (Å²) in [5.41, 5.74) is 1.75. The molecule has 2 nitrogen and oxygen atoms in total. The second-order valence-corrected chi connectivity index (χ2v) is 5.16. The molecule has 14 heavy (non-hydrogen) atoms. The lowest BCUT2D eigenvalue weighted by molar-refractivity contribution is -0.140. The zero-order valence-corrected chi connectivity index (χ0v) is 9.01. The summed E-state index contributed by atoms with van der Waals surface area (Å²) in [7, 11) is 0. The van der Waals surface area contributed by atoms with Crippen molar-refractivity contribution in [1.82, 2.24) is 0 Å². The van der Waals surface area contributed by atoms with Gasteiger partial charge in [0.15, 0.2) is 0 Å². The number of carbonyl (C=O) groups is 1. The van der Waals surface area contributed by atoms with E-state index in [1.54, 1.807) is 0 Å². The summed E-state index contributed by atoms with van der Waals surface area (Å²) >= 11 is 0. The van der Waals surface area contributed by atoms with E-state index in [1.165, 1.54) is 12.0 Å². The van der Waals surface area contributed by atoms with E-state index < -0.39 is 0 Å². The monoisotopic (exact) mass is 194 g/mol. The minimum atomic E-state index is -0.00374. The summed E-state index contributed by atoms with van der Waals surface area (Å²) in [5.74, 6) is 0.0852. The number of esters is 1. The van der Waals surface area contributed by atoms with Gasteiger partial charge in [-0.3, -0.25) is 4.79 Å². The zero-order valence-electron chi connectivity index (χ0n) is 9.01. The molecule has 0 aromatic heterocycles. The van der Waals surface area contributed by atoms with Crippen molar-refractivity contribution in [2.24, 2.45) is 11.3 Å². The number of allylic oxidation sites excluding steroid dienone is 1. The Morgan fingerprint density at radius 2 is 2.29 bits per heavy atom. The van der Waals surface area contributed by atoms with Crippen molar-refractivity contribution in [3.63, 3.8) is 0 Å². The molecule has 0 saturated carbocycles. The Hall–Kier alpha value is -0.790. The van der Waals surface area contributed by atoms with Crippen LogP contribution in [0.15, 0.2) is 11.6 Å². The van der Waals surface area contributed by atoms with Crippen LogP contribution < -0.4 is 0 Å². The minimum Gasteiger partial charge on any atom is -0.465 e. The Labute approximate surface area is 85.3 Å². The van der Waals surface area contributed by atoms with Crippen molar-refractivity contribution in [2.45, 2.75) is 39.5 Å². The first-order valence-corrected chi connectivity index (χ1v) is 5.44. The van der Waals surface area contributed by atoms with Crippen LogP contribution >= 0.6 is 0 Å². The standard InChI is InChI=1S/C12H18O2/c1-12(2)6-3-9(4-7-12)10-5-8-14-11(10)13/h3,10H,4-8H2,1-2H3. The normalized spacial score (nSPS) is 31.1. The summed E-state index contributed by atoms with van der Waals surface area (Å²) in [6.45, 7) is 5.19. The molecular weight excluding hydrogens is 176 g/mol. The van der Waals surface area contributed by atoms with Crippen LogP contribution in [-0.4, -0.2) is 12.6 Å². The molecule has 0 N–H and O–H groups in total. The number of rotatable bonds is 1. The molecule has 2 rings (SSSR count). The van der Waals surface area contributed by atoms with Crippen LogP contribution in [0.1, 0.15) is 39.5 Å². The first-order chi connectivity index (χ1) is 6.58. The third-order valence-electron chi connectivity index (χ3n) is 3.39. The predicted octanol–water partition coefficient (Wildman–Crippen LogP) is 2.69. The molecule has 1 heterocycles. The average molecular weight is 194 g/mol. The molecule has 0 radical (unpaired) electrons. The van der Waals surface area contributed by atoms with E-state index in [2.05, 4.69) is 19.9 Å². The molecule has 0 bridgehead atoms. The van der Waals surface area contributed by atoms with Gasteiger partial charge in [0.05, 0.1) is 12.5 Å². The summed E-state index contributed by atoms with van der Waals surface area (Å²) in [5, 5.41) is 0. The van der Waals surface area contributed by atoms with Crippen molar-refractivity contribution in [2.75, 3.05) is 6.61 Å². The van der Waals surface area contributed by atoms with Crippen LogP contribution in [0, 0.1) is 11.3 Å². The van der Waals surface area contributed by atoms with E-state index in [0.29, 0.717) is 12.0 Å². The Bertz CT molecular complexity index is 276. The maximum Gasteiger partial charge on any atom is 0.313 e. The lowest BCUT2D eigenvalue weighted by atomic mass is 9.75. The lowest BCUT2D eigenvalue weighted by Gasteiger charge is -2.29. The summed E-state index contributed by atoms with van der Waals surface area (Å²) < 4.78 is 4.99. The fourth-order valence-corrected chi connectivity index (χ4v) is 2.24. The van der Waals surface area contributed by atoms with Crippen molar-refractivity contribution in [3.05, 3.63) is 11.6 Å². The minimum absolute atomic E-state index is 0.00374. The quantitative estimate of drug-likeness (QED) is 0.474. The van der Waals surface area contributed by atoms with Crippen molar-refractivity contribution in [3.8, 4) is 0 Å². The van der Waals surface area contributed by atoms with Gasteiger partial charge < -0.3 is 4.74 Å². The number of cyclic esters (lactones) is 1. The third-order valence-corrected chi connectivity index (χ3v) is 3.39. The van der Waals surface area contributed by atoms with Crippen LogP contribution in [-0.2, 0) is 9.53 Å². The molecule has 1 fully saturated rings. The molecule has 1 atom stereocenters. The van der Waals surface area contributed by atoms with Crippen molar-refractivity contribution >= 4 is 5.97 Å². The van der Waals surface area contributed by atoms with Crippen molar-refractivity contribution < 1.29 is 9.53 Å². The SMILES string of the molecule is CC1(C)CC=C(C2CCOC2=O)CC1. The zero-order chi connectivity index (χ0) is 10.2. The van der Waals surface area contributed by atoms with Crippen molar-refractivity contribution in [1.29, 1.82) is 0 Å². The molecule has 1 unspecified atom stereocenters. The van der Waals surface area contributed by atoms with Gasteiger partial charge in [-0.25, -0.2) is 0 Å². The number of carbonyl (C=O) groups excluding carboxylic acids is 1. The van der Waals surface area contributed by atoms with Gasteiger partial charge in [-0.15, -0.1) is 0 Å². The Morgan fingerprint density at radius 3 is 2.79 bits per heavy atom. The highest BCUT2D eigenvalue weighted by Gasteiger charge is 2.32. The van der Waals surface area contributed by atoms with E-state index >= 15 is 0 Å². The highest BCUT2D eigenvalue weighted by atomic mass is 16.5. The maximum atomic E-state index is 11.4. The van der Waals surface area contributed by atoms with E-state index in [4.69, 9.17) is 4.74 Å². The highest BCUT2D eigenvalue weighted by Crippen LogP contribution is 2.38. The second-order valence-electron chi connectivity index (χ2n) is 5.16. The molecular formula is C12H18O2. The molecule has 2 aliphatic rings. The van der Waals surface area contributed by atoms with Gasteiger partial charge >= 0.3 is 5.97 Å². The summed E-state index contributed by atoms with van der Waals surface area (Å²) in [4.78, 5) is 11.4. The van der Waals surface area contributed by atoms with E-state index in [9.17, 15) is 4.79 Å². The van der Waals surface area contributed by atoms with E-state index in [1.807, 2.05) is 0 Å². The van der Waals surface area contributed by atoms with Gasteiger partial charge in [0.1, 0.15) is 0 Å². The molecule has 0 amide bonds. The summed E-state index contributed by atoms with van der Waals surface area (Å²) in [6, 6.07) is 0. The maximum absolute atomic E-state index is 11.4. The Morgan fingerprint density at radius 1 is 1.50 bits per heavy atom. The highest BCUT2D eigenvalue weighted by molar-refractivity contribution is 5.77. The molecule has 78 valence electrons.